The van der Waals surface area contributed by atoms with Gasteiger partial charge in [0.15, 0.2) is 0 Å². The predicted octanol–water partition coefficient (Wildman–Crippen LogP) is 5.56. The van der Waals surface area contributed by atoms with Crippen LogP contribution in [0.5, 0.6) is 11.5 Å². The van der Waals surface area contributed by atoms with Gasteiger partial charge < -0.3 is 10.2 Å². The Labute approximate surface area is 136 Å². The lowest BCUT2D eigenvalue weighted by Gasteiger charge is -2.11. The molecule has 0 fully saturated rings. The van der Waals surface area contributed by atoms with Gasteiger partial charge in [-0.3, -0.25) is 0 Å². The van der Waals surface area contributed by atoms with E-state index >= 15 is 0 Å². The zero-order valence-corrected chi connectivity index (χ0v) is 13.3. The van der Waals surface area contributed by atoms with E-state index in [-0.39, 0.29) is 11.7 Å². The average molecular weight is 304 g/mol. The SMILES string of the molecule is CC(C)c1cc(-c2ccc(-c3ccc(O)cc3)cc2)ccc1O. The lowest BCUT2D eigenvalue weighted by atomic mass is 9.95. The van der Waals surface area contributed by atoms with Gasteiger partial charge in [-0.1, -0.05) is 56.3 Å². The summed E-state index contributed by atoms with van der Waals surface area (Å²) in [7, 11) is 0. The van der Waals surface area contributed by atoms with Crippen LogP contribution >= 0.6 is 0 Å². The van der Waals surface area contributed by atoms with Crippen LogP contribution in [-0.4, -0.2) is 10.2 Å². The topological polar surface area (TPSA) is 40.5 Å². The summed E-state index contributed by atoms with van der Waals surface area (Å²) in [4.78, 5) is 0. The highest BCUT2D eigenvalue weighted by molar-refractivity contribution is 5.71. The van der Waals surface area contributed by atoms with Gasteiger partial charge >= 0.3 is 0 Å². The summed E-state index contributed by atoms with van der Waals surface area (Å²) in [5.41, 5.74) is 5.36. The number of phenols is 2. The first-order valence-corrected chi connectivity index (χ1v) is 7.77. The van der Waals surface area contributed by atoms with Crippen LogP contribution in [0.2, 0.25) is 0 Å². The number of hydrogen-bond acceptors (Lipinski definition) is 2. The van der Waals surface area contributed by atoms with E-state index in [1.807, 2.05) is 18.2 Å². The van der Waals surface area contributed by atoms with Crippen molar-refractivity contribution < 1.29 is 10.2 Å². The fraction of sp³-hybridized carbons (Fsp3) is 0.143. The Morgan fingerprint density at radius 1 is 0.609 bits per heavy atom. The van der Waals surface area contributed by atoms with E-state index in [1.165, 1.54) is 0 Å². The van der Waals surface area contributed by atoms with E-state index in [1.54, 1.807) is 18.2 Å². The Bertz CT molecular complexity index is 800. The van der Waals surface area contributed by atoms with Crippen LogP contribution in [0.15, 0.2) is 66.7 Å². The fourth-order valence-corrected chi connectivity index (χ4v) is 2.71. The summed E-state index contributed by atoms with van der Waals surface area (Å²) in [5, 5.41) is 19.3. The standard InChI is InChI=1S/C21H20O2/c1-14(2)20-13-18(9-12-21(20)23)17-5-3-15(4-6-17)16-7-10-19(22)11-8-16/h3-14,22-23H,1-2H3. The second kappa shape index (κ2) is 6.17. The molecule has 0 aromatic heterocycles. The molecular weight excluding hydrogens is 284 g/mol. The molecule has 0 radical (unpaired) electrons. The first kappa shape index (κ1) is 15.2. The third kappa shape index (κ3) is 3.21. The quantitative estimate of drug-likeness (QED) is 0.665. The van der Waals surface area contributed by atoms with Crippen LogP contribution in [0.4, 0.5) is 0 Å². The van der Waals surface area contributed by atoms with Crippen LogP contribution in [0.3, 0.4) is 0 Å². The Balaban J connectivity index is 1.93. The fourth-order valence-electron chi connectivity index (χ4n) is 2.71. The summed E-state index contributed by atoms with van der Waals surface area (Å²) in [5.74, 6) is 0.909. The van der Waals surface area contributed by atoms with Gasteiger partial charge in [0.2, 0.25) is 0 Å². The lowest BCUT2D eigenvalue weighted by molar-refractivity contribution is 0.465. The Hall–Kier alpha value is -2.74. The molecule has 0 aliphatic heterocycles. The highest BCUT2D eigenvalue weighted by atomic mass is 16.3. The molecule has 0 aliphatic rings. The Kier molecular flexibility index (Phi) is 4.07. The van der Waals surface area contributed by atoms with Crippen molar-refractivity contribution in [2.24, 2.45) is 0 Å². The summed E-state index contributed by atoms with van der Waals surface area (Å²) in [6, 6.07) is 21.3. The molecular formula is C21H20O2. The molecule has 0 unspecified atom stereocenters. The van der Waals surface area contributed by atoms with Gasteiger partial charge in [0.05, 0.1) is 0 Å². The molecule has 0 spiro atoms. The van der Waals surface area contributed by atoms with Gasteiger partial charge in [0.25, 0.3) is 0 Å². The average Bonchev–Trinajstić information content (AvgIpc) is 2.56. The molecule has 0 saturated carbocycles. The lowest BCUT2D eigenvalue weighted by Crippen LogP contribution is -1.89. The molecule has 3 aromatic carbocycles. The summed E-state index contributed by atoms with van der Waals surface area (Å²) in [6.45, 7) is 4.15. The number of hydrogen-bond donors (Lipinski definition) is 2. The molecule has 0 heterocycles. The molecule has 2 N–H and O–H groups in total. The van der Waals surface area contributed by atoms with Crippen LogP contribution in [0, 0.1) is 0 Å². The van der Waals surface area contributed by atoms with E-state index < -0.39 is 0 Å². The van der Waals surface area contributed by atoms with E-state index in [0.29, 0.717) is 5.75 Å². The van der Waals surface area contributed by atoms with Crippen molar-refractivity contribution in [3.63, 3.8) is 0 Å². The molecule has 0 atom stereocenters. The molecule has 23 heavy (non-hydrogen) atoms. The van der Waals surface area contributed by atoms with Gasteiger partial charge in [-0.25, -0.2) is 0 Å². The maximum atomic E-state index is 9.95. The van der Waals surface area contributed by atoms with Crippen LogP contribution in [0.25, 0.3) is 22.3 Å². The third-order valence-electron chi connectivity index (χ3n) is 4.07. The highest BCUT2D eigenvalue weighted by Crippen LogP contribution is 2.32. The van der Waals surface area contributed by atoms with Crippen molar-refractivity contribution in [3.05, 3.63) is 72.3 Å². The predicted molar refractivity (Wildman–Crippen MR) is 94.7 cm³/mol. The van der Waals surface area contributed by atoms with Gasteiger partial charge in [-0.15, -0.1) is 0 Å². The number of phenolic OH excluding ortho intramolecular Hbond substituents is 2. The first-order valence-electron chi connectivity index (χ1n) is 7.77. The van der Waals surface area contributed by atoms with Crippen molar-refractivity contribution in [1.82, 2.24) is 0 Å². The zero-order chi connectivity index (χ0) is 16.4. The van der Waals surface area contributed by atoms with Crippen molar-refractivity contribution in [2.75, 3.05) is 0 Å². The summed E-state index contributed by atoms with van der Waals surface area (Å²) in [6.07, 6.45) is 0. The van der Waals surface area contributed by atoms with Gasteiger partial charge in [0.1, 0.15) is 11.5 Å². The minimum atomic E-state index is 0.274. The minimum Gasteiger partial charge on any atom is -0.508 e. The van der Waals surface area contributed by atoms with Crippen molar-refractivity contribution in [1.29, 1.82) is 0 Å². The summed E-state index contributed by atoms with van der Waals surface area (Å²) >= 11 is 0. The second-order valence-electron chi connectivity index (χ2n) is 6.05. The molecule has 3 rings (SSSR count). The van der Waals surface area contributed by atoms with Gasteiger partial charge in [0, 0.05) is 0 Å². The molecule has 2 heteroatoms. The molecule has 2 nitrogen and oxygen atoms in total. The van der Waals surface area contributed by atoms with E-state index in [4.69, 9.17) is 0 Å². The molecule has 0 bridgehead atoms. The smallest absolute Gasteiger partial charge is 0.119 e. The molecule has 116 valence electrons. The summed E-state index contributed by atoms with van der Waals surface area (Å²) < 4.78 is 0. The van der Waals surface area contributed by atoms with E-state index in [0.717, 1.165) is 27.8 Å². The normalized spacial score (nSPS) is 10.9. The van der Waals surface area contributed by atoms with Crippen LogP contribution in [-0.2, 0) is 0 Å². The van der Waals surface area contributed by atoms with Crippen LogP contribution in [0.1, 0.15) is 25.3 Å². The van der Waals surface area contributed by atoms with Crippen molar-refractivity contribution in [2.45, 2.75) is 19.8 Å². The largest absolute Gasteiger partial charge is 0.508 e. The third-order valence-corrected chi connectivity index (χ3v) is 4.07. The Morgan fingerprint density at radius 3 is 1.57 bits per heavy atom. The van der Waals surface area contributed by atoms with Crippen LogP contribution < -0.4 is 0 Å². The molecule has 0 aliphatic carbocycles. The molecule has 3 aromatic rings. The monoisotopic (exact) mass is 304 g/mol. The van der Waals surface area contributed by atoms with Gasteiger partial charge in [-0.2, -0.15) is 0 Å². The van der Waals surface area contributed by atoms with Crippen molar-refractivity contribution >= 4 is 0 Å². The van der Waals surface area contributed by atoms with Crippen molar-refractivity contribution in [3.8, 4) is 33.8 Å². The molecule has 0 amide bonds. The number of aromatic hydroxyl groups is 2. The first-order chi connectivity index (χ1) is 11.0. The number of rotatable bonds is 3. The number of benzene rings is 3. The maximum absolute atomic E-state index is 9.95. The maximum Gasteiger partial charge on any atom is 0.119 e. The van der Waals surface area contributed by atoms with E-state index in [9.17, 15) is 10.2 Å². The second-order valence-corrected chi connectivity index (χ2v) is 6.05. The highest BCUT2D eigenvalue weighted by Gasteiger charge is 2.08. The minimum absolute atomic E-state index is 0.274. The Morgan fingerprint density at radius 2 is 1.04 bits per heavy atom. The zero-order valence-electron chi connectivity index (χ0n) is 13.3. The van der Waals surface area contributed by atoms with E-state index in [2.05, 4.69) is 44.2 Å². The van der Waals surface area contributed by atoms with Gasteiger partial charge in [-0.05, 0) is 58.0 Å². The molecule has 0 saturated heterocycles.